The third-order valence-electron chi connectivity index (χ3n) is 4.24. The molecule has 1 aromatic carbocycles. The van der Waals surface area contributed by atoms with Gasteiger partial charge in [0, 0.05) is 16.6 Å². The van der Waals surface area contributed by atoms with E-state index < -0.39 is 0 Å². The van der Waals surface area contributed by atoms with E-state index in [1.54, 1.807) is 17.5 Å². The first-order valence-electron chi connectivity index (χ1n) is 8.14. The lowest BCUT2D eigenvalue weighted by Gasteiger charge is -2.08. The van der Waals surface area contributed by atoms with E-state index in [9.17, 15) is 9.59 Å². The highest BCUT2D eigenvalue weighted by Gasteiger charge is 2.19. The Morgan fingerprint density at radius 1 is 1.24 bits per heavy atom. The fourth-order valence-corrected chi connectivity index (χ4v) is 3.84. The summed E-state index contributed by atoms with van der Waals surface area (Å²) in [5, 5.41) is 0. The van der Waals surface area contributed by atoms with Gasteiger partial charge in [0.2, 0.25) is 0 Å². The standard InChI is InChI=1S/C19H20N2O3S/c1-5-24-17(23)8-14-9-21-16(10-22)18(20-19(21)25-14)15-7-12(3)11(2)6-13(15)4/h6-7,9-10H,5,8H2,1-4H3. The minimum absolute atomic E-state index is 0.193. The smallest absolute Gasteiger partial charge is 0.311 e. The van der Waals surface area contributed by atoms with Gasteiger partial charge in [-0.15, -0.1) is 11.3 Å². The van der Waals surface area contributed by atoms with Gasteiger partial charge >= 0.3 is 5.97 Å². The third-order valence-corrected chi connectivity index (χ3v) is 5.23. The summed E-state index contributed by atoms with van der Waals surface area (Å²) in [4.78, 5) is 29.6. The molecule has 0 amide bonds. The monoisotopic (exact) mass is 356 g/mol. The average Bonchev–Trinajstić information content (AvgIpc) is 3.07. The molecule has 5 nitrogen and oxygen atoms in total. The zero-order chi connectivity index (χ0) is 18.1. The van der Waals surface area contributed by atoms with Crippen LogP contribution >= 0.6 is 11.3 Å². The second-order valence-corrected chi connectivity index (χ2v) is 7.14. The van der Waals surface area contributed by atoms with Gasteiger partial charge in [-0.1, -0.05) is 6.07 Å². The van der Waals surface area contributed by atoms with Crippen molar-refractivity contribution in [3.63, 3.8) is 0 Å². The molecule has 0 spiro atoms. The molecule has 0 saturated carbocycles. The predicted octanol–water partition coefficient (Wildman–Crippen LogP) is 3.91. The highest BCUT2D eigenvalue weighted by molar-refractivity contribution is 7.17. The van der Waals surface area contributed by atoms with E-state index >= 15 is 0 Å². The molecule has 130 valence electrons. The molecule has 2 heterocycles. The van der Waals surface area contributed by atoms with Crippen LogP contribution in [0.15, 0.2) is 18.3 Å². The molecule has 0 aliphatic heterocycles. The first-order valence-corrected chi connectivity index (χ1v) is 8.96. The lowest BCUT2D eigenvalue weighted by atomic mass is 9.98. The second kappa shape index (κ2) is 6.80. The number of nitrogens with zero attached hydrogens (tertiary/aromatic N) is 2. The molecule has 0 radical (unpaired) electrons. The maximum Gasteiger partial charge on any atom is 0.311 e. The highest BCUT2D eigenvalue weighted by Crippen LogP contribution is 2.31. The number of hydrogen-bond acceptors (Lipinski definition) is 5. The molecule has 0 unspecified atom stereocenters. The summed E-state index contributed by atoms with van der Waals surface area (Å²) in [6, 6.07) is 4.18. The van der Waals surface area contributed by atoms with Crippen molar-refractivity contribution in [2.75, 3.05) is 6.61 Å². The number of imidazole rings is 1. The molecule has 6 heteroatoms. The van der Waals surface area contributed by atoms with Gasteiger partial charge in [0.05, 0.1) is 13.0 Å². The van der Waals surface area contributed by atoms with Crippen LogP contribution in [0.5, 0.6) is 0 Å². The summed E-state index contributed by atoms with van der Waals surface area (Å²) in [7, 11) is 0. The number of fused-ring (bicyclic) bond motifs is 1. The van der Waals surface area contributed by atoms with Crippen LogP contribution in [0.2, 0.25) is 0 Å². The Balaban J connectivity index is 2.06. The molecule has 25 heavy (non-hydrogen) atoms. The molecule has 0 N–H and O–H groups in total. The van der Waals surface area contributed by atoms with Crippen molar-refractivity contribution in [2.45, 2.75) is 34.1 Å². The Kier molecular flexibility index (Phi) is 4.72. The van der Waals surface area contributed by atoms with Gasteiger partial charge in [0.25, 0.3) is 0 Å². The number of rotatable bonds is 5. The van der Waals surface area contributed by atoms with E-state index in [4.69, 9.17) is 4.74 Å². The lowest BCUT2D eigenvalue weighted by molar-refractivity contribution is -0.142. The Hall–Kier alpha value is -2.47. The number of thiazole rings is 1. The van der Waals surface area contributed by atoms with E-state index in [1.807, 2.05) is 6.92 Å². The molecule has 0 atom stereocenters. The third kappa shape index (κ3) is 3.22. The molecular formula is C19H20N2O3S. The first kappa shape index (κ1) is 17.4. The van der Waals surface area contributed by atoms with Gasteiger partial charge < -0.3 is 4.74 Å². The predicted molar refractivity (Wildman–Crippen MR) is 98.4 cm³/mol. The quantitative estimate of drug-likeness (QED) is 0.514. The molecule has 0 aliphatic carbocycles. The van der Waals surface area contributed by atoms with Crippen LogP contribution in [0.4, 0.5) is 0 Å². The van der Waals surface area contributed by atoms with Crippen molar-refractivity contribution in [2.24, 2.45) is 0 Å². The number of aromatic nitrogens is 2. The van der Waals surface area contributed by atoms with Gasteiger partial charge in [-0.3, -0.25) is 14.0 Å². The van der Waals surface area contributed by atoms with Crippen molar-refractivity contribution in [3.8, 4) is 11.3 Å². The summed E-state index contributed by atoms with van der Waals surface area (Å²) >= 11 is 1.40. The summed E-state index contributed by atoms with van der Waals surface area (Å²) < 4.78 is 6.74. The Bertz CT molecular complexity index is 969. The number of esters is 1. The summed E-state index contributed by atoms with van der Waals surface area (Å²) in [6.45, 7) is 8.28. The Morgan fingerprint density at radius 2 is 1.96 bits per heavy atom. The summed E-state index contributed by atoms with van der Waals surface area (Å²) in [6.07, 6.45) is 2.82. The van der Waals surface area contributed by atoms with Gasteiger partial charge in [-0.05, 0) is 50.5 Å². The van der Waals surface area contributed by atoms with Crippen molar-refractivity contribution >= 4 is 28.6 Å². The Morgan fingerprint density at radius 3 is 2.64 bits per heavy atom. The number of ether oxygens (including phenoxy) is 1. The van der Waals surface area contributed by atoms with Gasteiger partial charge in [-0.2, -0.15) is 0 Å². The molecular weight excluding hydrogens is 336 g/mol. The van der Waals surface area contributed by atoms with Crippen LogP contribution in [-0.4, -0.2) is 28.2 Å². The van der Waals surface area contributed by atoms with E-state index in [2.05, 4.69) is 31.0 Å². The van der Waals surface area contributed by atoms with E-state index in [1.165, 1.54) is 16.9 Å². The molecule has 0 fully saturated rings. The second-order valence-electron chi connectivity index (χ2n) is 6.05. The molecule has 0 bridgehead atoms. The number of hydrogen-bond donors (Lipinski definition) is 0. The van der Waals surface area contributed by atoms with Gasteiger partial charge in [0.15, 0.2) is 11.2 Å². The van der Waals surface area contributed by atoms with Crippen molar-refractivity contribution in [1.82, 2.24) is 9.38 Å². The topological polar surface area (TPSA) is 60.7 Å². The first-order chi connectivity index (χ1) is 11.9. The van der Waals surface area contributed by atoms with Crippen LogP contribution < -0.4 is 0 Å². The Labute approximate surface area is 150 Å². The van der Waals surface area contributed by atoms with Crippen LogP contribution in [0, 0.1) is 20.8 Å². The van der Waals surface area contributed by atoms with E-state index in [0.717, 1.165) is 27.9 Å². The van der Waals surface area contributed by atoms with Crippen molar-refractivity contribution < 1.29 is 14.3 Å². The summed E-state index contributed by atoms with van der Waals surface area (Å²) in [5.41, 5.74) is 5.62. The van der Waals surface area contributed by atoms with Crippen LogP contribution in [-0.2, 0) is 16.0 Å². The fourth-order valence-electron chi connectivity index (χ4n) is 2.87. The molecule has 0 saturated heterocycles. The minimum atomic E-state index is -0.273. The van der Waals surface area contributed by atoms with E-state index in [-0.39, 0.29) is 12.4 Å². The minimum Gasteiger partial charge on any atom is -0.466 e. The van der Waals surface area contributed by atoms with Gasteiger partial charge in [-0.25, -0.2) is 4.98 Å². The van der Waals surface area contributed by atoms with Crippen LogP contribution in [0.25, 0.3) is 16.2 Å². The molecule has 0 aliphatic rings. The van der Waals surface area contributed by atoms with Crippen molar-refractivity contribution in [3.05, 3.63) is 45.6 Å². The number of carbonyl (C=O) groups is 2. The fraction of sp³-hybridized carbons (Fsp3) is 0.316. The molecule has 2 aromatic heterocycles. The molecule has 3 rings (SSSR count). The van der Waals surface area contributed by atoms with Gasteiger partial charge in [0.1, 0.15) is 11.4 Å². The molecule has 3 aromatic rings. The largest absolute Gasteiger partial charge is 0.466 e. The van der Waals surface area contributed by atoms with E-state index in [0.29, 0.717) is 23.0 Å². The number of aryl methyl sites for hydroxylation is 3. The number of benzene rings is 1. The zero-order valence-electron chi connectivity index (χ0n) is 14.8. The number of aldehydes is 1. The summed E-state index contributed by atoms with van der Waals surface area (Å²) in [5.74, 6) is -0.273. The average molecular weight is 356 g/mol. The normalized spacial score (nSPS) is 11.0. The maximum absolute atomic E-state index is 11.7. The lowest BCUT2D eigenvalue weighted by Crippen LogP contribution is -2.06. The SMILES string of the molecule is CCOC(=O)Cc1cn2c(C=O)c(-c3cc(C)c(C)cc3C)nc2s1. The zero-order valence-corrected chi connectivity index (χ0v) is 15.6. The highest BCUT2D eigenvalue weighted by atomic mass is 32.1. The number of carbonyl (C=O) groups excluding carboxylic acids is 2. The van der Waals surface area contributed by atoms with Crippen LogP contribution in [0.3, 0.4) is 0 Å². The van der Waals surface area contributed by atoms with Crippen LogP contribution in [0.1, 0.15) is 39.0 Å². The maximum atomic E-state index is 11.7. The van der Waals surface area contributed by atoms with Crippen molar-refractivity contribution in [1.29, 1.82) is 0 Å².